The molecule has 0 aromatic heterocycles. The summed E-state index contributed by atoms with van der Waals surface area (Å²) < 4.78 is 4.69. The SMILES string of the molecule is COC(=O)c1ccc(CN2CCC(CN)CC2)cc1.Cl.Cl. The number of carbonyl (C=O) groups excluding carboxylic acids is 1. The van der Waals surface area contributed by atoms with Crippen LogP contribution in [-0.4, -0.2) is 37.6 Å². The van der Waals surface area contributed by atoms with Gasteiger partial charge >= 0.3 is 5.97 Å². The van der Waals surface area contributed by atoms with Crippen LogP contribution in [0.25, 0.3) is 0 Å². The average molecular weight is 335 g/mol. The van der Waals surface area contributed by atoms with Crippen molar-refractivity contribution in [3.63, 3.8) is 0 Å². The lowest BCUT2D eigenvalue weighted by Gasteiger charge is -2.31. The van der Waals surface area contributed by atoms with Gasteiger partial charge in [-0.3, -0.25) is 4.90 Å². The Labute approximate surface area is 138 Å². The number of hydrogen-bond acceptors (Lipinski definition) is 4. The number of ether oxygens (including phenoxy) is 1. The summed E-state index contributed by atoms with van der Waals surface area (Å²) in [6, 6.07) is 7.66. The molecule has 1 aromatic rings. The predicted molar refractivity (Wildman–Crippen MR) is 89.3 cm³/mol. The molecule has 1 aliphatic heterocycles. The fourth-order valence-electron chi connectivity index (χ4n) is 2.50. The maximum Gasteiger partial charge on any atom is 0.337 e. The van der Waals surface area contributed by atoms with Gasteiger partial charge in [-0.25, -0.2) is 4.79 Å². The Bertz CT molecular complexity index is 418. The number of likely N-dealkylation sites (tertiary alicyclic amines) is 1. The summed E-state index contributed by atoms with van der Waals surface area (Å²) in [7, 11) is 1.40. The summed E-state index contributed by atoms with van der Waals surface area (Å²) in [5.41, 5.74) is 7.54. The smallest absolute Gasteiger partial charge is 0.337 e. The summed E-state index contributed by atoms with van der Waals surface area (Å²) in [4.78, 5) is 13.8. The Hall–Kier alpha value is -0.810. The Kier molecular flexibility index (Phi) is 9.62. The molecule has 0 atom stereocenters. The van der Waals surface area contributed by atoms with Crippen molar-refractivity contribution in [2.24, 2.45) is 11.7 Å². The highest BCUT2D eigenvalue weighted by atomic mass is 35.5. The number of benzene rings is 1. The minimum absolute atomic E-state index is 0. The van der Waals surface area contributed by atoms with Crippen LogP contribution in [0, 0.1) is 5.92 Å². The first kappa shape index (κ1) is 20.2. The minimum Gasteiger partial charge on any atom is -0.465 e. The topological polar surface area (TPSA) is 55.6 Å². The molecular weight excluding hydrogens is 311 g/mol. The van der Waals surface area contributed by atoms with Gasteiger partial charge in [-0.15, -0.1) is 24.8 Å². The lowest BCUT2D eigenvalue weighted by molar-refractivity contribution is 0.0600. The van der Waals surface area contributed by atoms with Crippen molar-refractivity contribution in [3.8, 4) is 0 Å². The zero-order valence-electron chi connectivity index (χ0n) is 12.3. The van der Waals surface area contributed by atoms with E-state index in [0.717, 1.165) is 26.2 Å². The normalized spacial score (nSPS) is 15.7. The quantitative estimate of drug-likeness (QED) is 0.859. The highest BCUT2D eigenvalue weighted by molar-refractivity contribution is 5.89. The summed E-state index contributed by atoms with van der Waals surface area (Å²) >= 11 is 0. The van der Waals surface area contributed by atoms with E-state index in [1.807, 2.05) is 24.3 Å². The Balaban J connectivity index is 0.00000200. The van der Waals surface area contributed by atoms with E-state index in [4.69, 9.17) is 5.73 Å². The zero-order valence-corrected chi connectivity index (χ0v) is 13.9. The van der Waals surface area contributed by atoms with Crippen LogP contribution in [0.1, 0.15) is 28.8 Å². The molecule has 0 saturated carbocycles. The molecule has 1 heterocycles. The van der Waals surface area contributed by atoms with Gasteiger partial charge in [-0.2, -0.15) is 0 Å². The first-order valence-electron chi connectivity index (χ1n) is 6.82. The summed E-state index contributed by atoms with van der Waals surface area (Å²) in [5.74, 6) is 0.410. The second-order valence-electron chi connectivity index (χ2n) is 5.14. The highest BCUT2D eigenvalue weighted by Gasteiger charge is 2.17. The summed E-state index contributed by atoms with van der Waals surface area (Å²) in [5, 5.41) is 0. The number of rotatable bonds is 4. The number of nitrogens with two attached hydrogens (primary N) is 1. The number of carbonyl (C=O) groups is 1. The van der Waals surface area contributed by atoms with Crippen molar-refractivity contribution in [2.45, 2.75) is 19.4 Å². The van der Waals surface area contributed by atoms with E-state index < -0.39 is 0 Å². The predicted octanol–water partition coefficient (Wildman–Crippen LogP) is 2.49. The maximum atomic E-state index is 11.3. The van der Waals surface area contributed by atoms with Crippen molar-refractivity contribution in [3.05, 3.63) is 35.4 Å². The number of piperidine rings is 1. The first-order chi connectivity index (χ1) is 9.22. The van der Waals surface area contributed by atoms with E-state index in [2.05, 4.69) is 9.64 Å². The monoisotopic (exact) mass is 334 g/mol. The molecule has 1 fully saturated rings. The van der Waals surface area contributed by atoms with E-state index in [0.29, 0.717) is 11.5 Å². The van der Waals surface area contributed by atoms with Crippen molar-refractivity contribution < 1.29 is 9.53 Å². The molecule has 0 amide bonds. The number of nitrogens with zero attached hydrogens (tertiary/aromatic N) is 1. The lowest BCUT2D eigenvalue weighted by Crippen LogP contribution is -2.35. The van der Waals surface area contributed by atoms with Gasteiger partial charge in [0.05, 0.1) is 12.7 Å². The molecule has 1 aliphatic rings. The first-order valence-corrected chi connectivity index (χ1v) is 6.82. The Morgan fingerprint density at radius 3 is 2.29 bits per heavy atom. The van der Waals surface area contributed by atoms with Crippen LogP contribution in [-0.2, 0) is 11.3 Å². The second-order valence-corrected chi connectivity index (χ2v) is 5.14. The highest BCUT2D eigenvalue weighted by Crippen LogP contribution is 2.18. The van der Waals surface area contributed by atoms with Gasteiger partial charge in [0.2, 0.25) is 0 Å². The minimum atomic E-state index is -0.282. The fourth-order valence-corrected chi connectivity index (χ4v) is 2.50. The Morgan fingerprint density at radius 2 is 1.81 bits per heavy atom. The van der Waals surface area contributed by atoms with Gasteiger partial charge in [0.15, 0.2) is 0 Å². The van der Waals surface area contributed by atoms with E-state index in [9.17, 15) is 4.79 Å². The van der Waals surface area contributed by atoms with Crippen molar-refractivity contribution >= 4 is 30.8 Å². The maximum absolute atomic E-state index is 11.3. The molecule has 0 unspecified atom stereocenters. The molecule has 120 valence electrons. The molecule has 2 N–H and O–H groups in total. The molecule has 0 aliphatic carbocycles. The molecule has 1 aromatic carbocycles. The Morgan fingerprint density at radius 1 is 1.24 bits per heavy atom. The molecule has 6 heteroatoms. The molecule has 0 radical (unpaired) electrons. The van der Waals surface area contributed by atoms with Gasteiger partial charge < -0.3 is 10.5 Å². The lowest BCUT2D eigenvalue weighted by atomic mass is 9.97. The third kappa shape index (κ3) is 5.83. The molecule has 21 heavy (non-hydrogen) atoms. The van der Waals surface area contributed by atoms with Crippen LogP contribution in [0.4, 0.5) is 0 Å². The summed E-state index contributed by atoms with van der Waals surface area (Å²) in [6.07, 6.45) is 2.38. The van der Waals surface area contributed by atoms with E-state index in [1.54, 1.807) is 0 Å². The van der Waals surface area contributed by atoms with Crippen LogP contribution in [0.5, 0.6) is 0 Å². The molecule has 2 rings (SSSR count). The van der Waals surface area contributed by atoms with Crippen LogP contribution in [0.3, 0.4) is 0 Å². The molecular formula is C15H24Cl2N2O2. The van der Waals surface area contributed by atoms with Crippen molar-refractivity contribution in [1.82, 2.24) is 4.90 Å². The molecule has 0 bridgehead atoms. The number of esters is 1. The second kappa shape index (κ2) is 10.0. The fraction of sp³-hybridized carbons (Fsp3) is 0.533. The van der Waals surface area contributed by atoms with Gasteiger partial charge in [-0.1, -0.05) is 12.1 Å². The van der Waals surface area contributed by atoms with Crippen LogP contribution >= 0.6 is 24.8 Å². The van der Waals surface area contributed by atoms with E-state index in [1.165, 1.54) is 25.5 Å². The average Bonchev–Trinajstić information content (AvgIpc) is 2.48. The van der Waals surface area contributed by atoms with Crippen LogP contribution in [0.2, 0.25) is 0 Å². The van der Waals surface area contributed by atoms with Crippen molar-refractivity contribution in [1.29, 1.82) is 0 Å². The largest absolute Gasteiger partial charge is 0.465 e. The van der Waals surface area contributed by atoms with E-state index >= 15 is 0 Å². The third-order valence-electron chi connectivity index (χ3n) is 3.82. The number of halogens is 2. The molecule has 0 spiro atoms. The molecule has 4 nitrogen and oxygen atoms in total. The molecule has 1 saturated heterocycles. The van der Waals surface area contributed by atoms with Gasteiger partial charge in [0, 0.05) is 6.54 Å². The van der Waals surface area contributed by atoms with Crippen LogP contribution in [0.15, 0.2) is 24.3 Å². The van der Waals surface area contributed by atoms with Crippen molar-refractivity contribution in [2.75, 3.05) is 26.7 Å². The zero-order chi connectivity index (χ0) is 13.7. The third-order valence-corrected chi connectivity index (χ3v) is 3.82. The number of methoxy groups -OCH3 is 1. The van der Waals surface area contributed by atoms with Gasteiger partial charge in [0.1, 0.15) is 0 Å². The summed E-state index contributed by atoms with van der Waals surface area (Å²) in [6.45, 7) is 3.97. The number of hydrogen-bond donors (Lipinski definition) is 1. The van der Waals surface area contributed by atoms with Gasteiger partial charge in [0.25, 0.3) is 0 Å². The van der Waals surface area contributed by atoms with Gasteiger partial charge in [-0.05, 0) is 56.1 Å². The standard InChI is InChI=1S/C15H22N2O2.2ClH/c1-19-15(18)14-4-2-13(3-5-14)11-17-8-6-12(10-16)7-9-17;;/h2-5,12H,6-11,16H2,1H3;2*1H. The van der Waals surface area contributed by atoms with E-state index in [-0.39, 0.29) is 30.8 Å². The van der Waals surface area contributed by atoms with Crippen LogP contribution < -0.4 is 5.73 Å².